The standard InChI is InChI=1S/C18H20N2O3S/c21-18-9-7-16-12-15(6-8-17(16)20-18)13-19-24(22,23)11-10-14-4-2-1-3-5-14/h1-6,8,12,19H,7,9-11,13H2,(H,20,21). The first-order chi connectivity index (χ1) is 11.5. The Morgan fingerprint density at radius 2 is 1.79 bits per heavy atom. The third kappa shape index (κ3) is 4.43. The van der Waals surface area contributed by atoms with Gasteiger partial charge in [0.2, 0.25) is 15.9 Å². The summed E-state index contributed by atoms with van der Waals surface area (Å²) in [5, 5.41) is 2.82. The van der Waals surface area contributed by atoms with Crippen molar-refractivity contribution < 1.29 is 13.2 Å². The number of anilines is 1. The number of hydrogen-bond donors (Lipinski definition) is 2. The summed E-state index contributed by atoms with van der Waals surface area (Å²) in [5.41, 5.74) is 3.78. The molecule has 3 rings (SSSR count). The second-order valence-corrected chi connectivity index (χ2v) is 7.84. The smallest absolute Gasteiger partial charge is 0.224 e. The molecule has 0 radical (unpaired) electrons. The molecule has 2 N–H and O–H groups in total. The van der Waals surface area contributed by atoms with E-state index in [1.807, 2.05) is 48.5 Å². The van der Waals surface area contributed by atoms with Crippen molar-refractivity contribution in [2.45, 2.75) is 25.8 Å². The zero-order valence-corrected chi connectivity index (χ0v) is 14.1. The molecular weight excluding hydrogens is 324 g/mol. The van der Waals surface area contributed by atoms with Crippen LogP contribution >= 0.6 is 0 Å². The lowest BCUT2D eigenvalue weighted by atomic mass is 10.0. The summed E-state index contributed by atoms with van der Waals surface area (Å²) in [6.07, 6.45) is 1.65. The highest BCUT2D eigenvalue weighted by atomic mass is 32.2. The molecule has 1 amide bonds. The van der Waals surface area contributed by atoms with Gasteiger partial charge in [-0.25, -0.2) is 13.1 Å². The van der Waals surface area contributed by atoms with Crippen molar-refractivity contribution in [1.82, 2.24) is 4.72 Å². The van der Waals surface area contributed by atoms with Gasteiger partial charge in [-0.2, -0.15) is 0 Å². The molecule has 0 bridgehead atoms. The van der Waals surface area contributed by atoms with Crippen molar-refractivity contribution in [2.24, 2.45) is 0 Å². The van der Waals surface area contributed by atoms with Gasteiger partial charge < -0.3 is 5.32 Å². The van der Waals surface area contributed by atoms with Gasteiger partial charge >= 0.3 is 0 Å². The monoisotopic (exact) mass is 344 g/mol. The molecule has 0 saturated carbocycles. The van der Waals surface area contributed by atoms with Gasteiger partial charge in [-0.05, 0) is 35.6 Å². The van der Waals surface area contributed by atoms with E-state index in [9.17, 15) is 13.2 Å². The number of sulfonamides is 1. The molecule has 1 aliphatic heterocycles. The lowest BCUT2D eigenvalue weighted by molar-refractivity contribution is -0.116. The van der Waals surface area contributed by atoms with E-state index in [1.165, 1.54) is 0 Å². The van der Waals surface area contributed by atoms with E-state index in [2.05, 4.69) is 10.0 Å². The number of fused-ring (bicyclic) bond motifs is 1. The Morgan fingerprint density at radius 3 is 2.58 bits per heavy atom. The predicted molar refractivity (Wildman–Crippen MR) is 94.2 cm³/mol. The molecule has 0 saturated heterocycles. The number of rotatable bonds is 6. The average Bonchev–Trinajstić information content (AvgIpc) is 2.59. The molecule has 6 heteroatoms. The van der Waals surface area contributed by atoms with E-state index in [4.69, 9.17) is 0 Å². The van der Waals surface area contributed by atoms with Gasteiger partial charge in [-0.1, -0.05) is 42.5 Å². The van der Waals surface area contributed by atoms with E-state index in [-0.39, 0.29) is 18.2 Å². The third-order valence-corrected chi connectivity index (χ3v) is 5.39. The highest BCUT2D eigenvalue weighted by Gasteiger charge is 2.15. The van der Waals surface area contributed by atoms with Crippen molar-refractivity contribution in [3.05, 3.63) is 65.2 Å². The van der Waals surface area contributed by atoms with Crippen LogP contribution in [0.4, 0.5) is 5.69 Å². The molecule has 1 heterocycles. The molecule has 0 atom stereocenters. The lowest BCUT2D eigenvalue weighted by Gasteiger charge is -2.17. The summed E-state index contributed by atoms with van der Waals surface area (Å²) in [5.74, 6) is 0.0923. The van der Waals surface area contributed by atoms with E-state index in [0.29, 0.717) is 19.3 Å². The van der Waals surface area contributed by atoms with E-state index >= 15 is 0 Å². The number of carbonyl (C=O) groups excluding carboxylic acids is 1. The van der Waals surface area contributed by atoms with Crippen LogP contribution in [0, 0.1) is 0 Å². The molecule has 2 aromatic rings. The van der Waals surface area contributed by atoms with Gasteiger partial charge in [0.1, 0.15) is 0 Å². The summed E-state index contributed by atoms with van der Waals surface area (Å²) in [6.45, 7) is 0.262. The van der Waals surface area contributed by atoms with E-state index in [0.717, 1.165) is 22.4 Å². The van der Waals surface area contributed by atoms with Gasteiger partial charge in [0.15, 0.2) is 0 Å². The van der Waals surface area contributed by atoms with Gasteiger partial charge in [0.25, 0.3) is 0 Å². The Hall–Kier alpha value is -2.18. The highest BCUT2D eigenvalue weighted by molar-refractivity contribution is 7.89. The van der Waals surface area contributed by atoms with Crippen LogP contribution in [0.5, 0.6) is 0 Å². The van der Waals surface area contributed by atoms with Gasteiger partial charge in [0.05, 0.1) is 5.75 Å². The van der Waals surface area contributed by atoms with Crippen molar-refractivity contribution in [3.63, 3.8) is 0 Å². The normalized spacial score (nSPS) is 14.1. The van der Waals surface area contributed by atoms with Crippen molar-refractivity contribution >= 4 is 21.6 Å². The molecule has 0 fully saturated rings. The first-order valence-corrected chi connectivity index (χ1v) is 9.60. The summed E-state index contributed by atoms with van der Waals surface area (Å²) in [4.78, 5) is 11.4. The van der Waals surface area contributed by atoms with Crippen LogP contribution in [-0.4, -0.2) is 20.1 Å². The molecule has 2 aromatic carbocycles. The number of hydrogen-bond acceptors (Lipinski definition) is 3. The summed E-state index contributed by atoms with van der Waals surface area (Å²) in [6, 6.07) is 15.2. The van der Waals surface area contributed by atoms with Gasteiger partial charge in [-0.15, -0.1) is 0 Å². The summed E-state index contributed by atoms with van der Waals surface area (Å²) < 4.78 is 26.9. The zero-order valence-electron chi connectivity index (χ0n) is 13.3. The van der Waals surface area contributed by atoms with Crippen molar-refractivity contribution in [1.29, 1.82) is 0 Å². The maximum atomic E-state index is 12.1. The van der Waals surface area contributed by atoms with Crippen LogP contribution < -0.4 is 10.0 Å². The molecule has 0 aliphatic carbocycles. The zero-order chi connectivity index (χ0) is 17.0. The first-order valence-electron chi connectivity index (χ1n) is 7.95. The Bertz CT molecular complexity index is 833. The summed E-state index contributed by atoms with van der Waals surface area (Å²) >= 11 is 0. The maximum absolute atomic E-state index is 12.1. The fourth-order valence-electron chi connectivity index (χ4n) is 2.71. The van der Waals surface area contributed by atoms with Crippen LogP contribution in [0.2, 0.25) is 0 Å². The van der Waals surface area contributed by atoms with E-state index in [1.54, 1.807) is 0 Å². The molecule has 0 spiro atoms. The molecule has 24 heavy (non-hydrogen) atoms. The predicted octanol–water partition coefficient (Wildman–Crippen LogP) is 2.23. The minimum Gasteiger partial charge on any atom is -0.326 e. The highest BCUT2D eigenvalue weighted by Crippen LogP contribution is 2.23. The molecule has 0 aromatic heterocycles. The first kappa shape index (κ1) is 16.7. The van der Waals surface area contributed by atoms with Crippen LogP contribution in [0.15, 0.2) is 48.5 Å². The number of amides is 1. The molecule has 1 aliphatic rings. The Morgan fingerprint density at radius 1 is 1.00 bits per heavy atom. The minimum absolute atomic E-state index is 0.0249. The third-order valence-electron chi connectivity index (χ3n) is 4.06. The largest absolute Gasteiger partial charge is 0.326 e. The van der Waals surface area contributed by atoms with Crippen LogP contribution in [0.1, 0.15) is 23.1 Å². The summed E-state index contributed by atoms with van der Waals surface area (Å²) in [7, 11) is -3.33. The Kier molecular flexibility index (Phi) is 4.97. The molecule has 0 unspecified atom stereocenters. The second-order valence-electron chi connectivity index (χ2n) is 5.92. The molecule has 5 nitrogen and oxygen atoms in total. The lowest BCUT2D eigenvalue weighted by Crippen LogP contribution is -2.27. The Labute approximate surface area is 142 Å². The quantitative estimate of drug-likeness (QED) is 0.844. The van der Waals surface area contributed by atoms with Gasteiger partial charge in [0, 0.05) is 18.7 Å². The van der Waals surface area contributed by atoms with Crippen LogP contribution in [-0.2, 0) is 34.2 Å². The van der Waals surface area contributed by atoms with E-state index < -0.39 is 10.0 Å². The fourth-order valence-corrected chi connectivity index (χ4v) is 3.74. The number of benzene rings is 2. The number of nitrogens with one attached hydrogen (secondary N) is 2. The molecular formula is C18H20N2O3S. The minimum atomic E-state index is -3.33. The average molecular weight is 344 g/mol. The second kappa shape index (κ2) is 7.15. The Balaban J connectivity index is 1.57. The van der Waals surface area contributed by atoms with Crippen molar-refractivity contribution in [3.8, 4) is 0 Å². The SMILES string of the molecule is O=C1CCc2cc(CNS(=O)(=O)CCc3ccccc3)ccc2N1. The number of carbonyl (C=O) groups is 1. The number of aryl methyl sites for hydroxylation is 2. The maximum Gasteiger partial charge on any atom is 0.224 e. The fraction of sp³-hybridized carbons (Fsp3) is 0.278. The topological polar surface area (TPSA) is 75.3 Å². The van der Waals surface area contributed by atoms with Crippen LogP contribution in [0.3, 0.4) is 0 Å². The van der Waals surface area contributed by atoms with Gasteiger partial charge in [-0.3, -0.25) is 4.79 Å². The molecule has 126 valence electrons. The van der Waals surface area contributed by atoms with Crippen LogP contribution in [0.25, 0.3) is 0 Å². The van der Waals surface area contributed by atoms with Crippen molar-refractivity contribution in [2.75, 3.05) is 11.1 Å².